The zero-order chi connectivity index (χ0) is 23.5. The molecule has 0 unspecified atom stereocenters. The van der Waals surface area contributed by atoms with Gasteiger partial charge in [-0.25, -0.2) is 0 Å². The van der Waals surface area contributed by atoms with Crippen LogP contribution in [-0.4, -0.2) is 30.4 Å². The molecule has 0 aromatic heterocycles. The summed E-state index contributed by atoms with van der Waals surface area (Å²) >= 11 is 0. The third-order valence-electron chi connectivity index (χ3n) is 6.16. The van der Waals surface area contributed by atoms with Crippen LogP contribution in [0.15, 0.2) is 72.4 Å². The van der Waals surface area contributed by atoms with Gasteiger partial charge in [-0.1, -0.05) is 54.1 Å². The first-order chi connectivity index (χ1) is 15.9. The van der Waals surface area contributed by atoms with E-state index in [1.807, 2.05) is 87.5 Å². The van der Waals surface area contributed by atoms with Gasteiger partial charge in [0.15, 0.2) is 0 Å². The fourth-order valence-corrected chi connectivity index (χ4v) is 3.94. The van der Waals surface area contributed by atoms with Crippen molar-refractivity contribution in [2.75, 3.05) is 19.0 Å². The molecule has 0 fully saturated rings. The second-order valence-corrected chi connectivity index (χ2v) is 8.35. The van der Waals surface area contributed by atoms with Crippen molar-refractivity contribution in [3.05, 3.63) is 100 Å². The van der Waals surface area contributed by atoms with Crippen molar-refractivity contribution in [1.82, 2.24) is 4.90 Å². The lowest BCUT2D eigenvalue weighted by molar-refractivity contribution is -0.136. The number of carbonyl (C=O) groups excluding carboxylic acids is 2. The molecule has 0 radical (unpaired) electrons. The van der Waals surface area contributed by atoms with Crippen molar-refractivity contribution in [2.24, 2.45) is 0 Å². The van der Waals surface area contributed by atoms with E-state index in [1.54, 1.807) is 7.11 Å². The zero-order valence-electron chi connectivity index (χ0n) is 19.4. The summed E-state index contributed by atoms with van der Waals surface area (Å²) in [6.07, 6.45) is 0.569. The lowest BCUT2D eigenvalue weighted by Gasteiger charge is -2.16. The third kappa shape index (κ3) is 4.53. The molecule has 3 aromatic carbocycles. The van der Waals surface area contributed by atoms with Gasteiger partial charge in [-0.05, 0) is 67.6 Å². The van der Waals surface area contributed by atoms with Gasteiger partial charge >= 0.3 is 0 Å². The quantitative estimate of drug-likeness (QED) is 0.522. The molecule has 0 saturated carbocycles. The molecule has 1 aliphatic heterocycles. The Morgan fingerprint density at radius 2 is 1.55 bits per heavy atom. The Kier molecular flexibility index (Phi) is 6.31. The maximum atomic E-state index is 13.5. The van der Waals surface area contributed by atoms with Crippen LogP contribution in [0.1, 0.15) is 27.8 Å². The van der Waals surface area contributed by atoms with Crippen LogP contribution in [0.4, 0.5) is 5.69 Å². The first-order valence-electron chi connectivity index (χ1n) is 11.0. The van der Waals surface area contributed by atoms with Crippen molar-refractivity contribution in [3.8, 4) is 5.75 Å². The normalized spacial score (nSPS) is 13.6. The molecule has 1 aliphatic rings. The number of benzene rings is 3. The summed E-state index contributed by atoms with van der Waals surface area (Å²) in [7, 11) is 1.62. The van der Waals surface area contributed by atoms with Gasteiger partial charge in [-0.3, -0.25) is 14.5 Å². The molecule has 1 heterocycles. The molecule has 2 amide bonds. The lowest BCUT2D eigenvalue weighted by atomic mass is 10.0. The van der Waals surface area contributed by atoms with Gasteiger partial charge in [0.05, 0.1) is 12.7 Å². The standard InChI is InChI=1S/C28H28N2O3/c1-18-8-12-22(13-9-18)25-26(29-24-7-5-6-19(2)20(24)3)28(32)30(27(25)31)17-16-21-10-14-23(33-4)15-11-21/h5-15,29H,16-17H2,1-4H3. The van der Waals surface area contributed by atoms with Crippen molar-refractivity contribution in [2.45, 2.75) is 27.2 Å². The van der Waals surface area contributed by atoms with Crippen LogP contribution in [0.2, 0.25) is 0 Å². The van der Waals surface area contributed by atoms with Crippen LogP contribution in [0.25, 0.3) is 5.57 Å². The molecule has 0 bridgehead atoms. The minimum Gasteiger partial charge on any atom is -0.497 e. The average Bonchev–Trinajstić information content (AvgIpc) is 3.05. The SMILES string of the molecule is COc1ccc(CCN2C(=O)C(Nc3cccc(C)c3C)=C(c3ccc(C)cc3)C2=O)cc1. The van der Waals surface area contributed by atoms with Crippen LogP contribution in [0, 0.1) is 20.8 Å². The molecule has 1 N–H and O–H groups in total. The maximum absolute atomic E-state index is 13.5. The Hall–Kier alpha value is -3.86. The number of methoxy groups -OCH3 is 1. The highest BCUT2D eigenvalue weighted by Gasteiger charge is 2.39. The van der Waals surface area contributed by atoms with Gasteiger partial charge < -0.3 is 10.1 Å². The fraction of sp³-hybridized carbons (Fsp3) is 0.214. The van der Waals surface area contributed by atoms with E-state index in [4.69, 9.17) is 4.74 Å². The van der Waals surface area contributed by atoms with Crippen molar-refractivity contribution in [3.63, 3.8) is 0 Å². The number of nitrogens with zero attached hydrogens (tertiary/aromatic N) is 1. The summed E-state index contributed by atoms with van der Waals surface area (Å²) in [6.45, 7) is 6.33. The first-order valence-corrected chi connectivity index (χ1v) is 11.0. The largest absolute Gasteiger partial charge is 0.497 e. The summed E-state index contributed by atoms with van der Waals surface area (Å²) in [5, 5.41) is 3.29. The molecule has 33 heavy (non-hydrogen) atoms. The van der Waals surface area contributed by atoms with E-state index in [1.165, 1.54) is 4.90 Å². The van der Waals surface area contributed by atoms with E-state index >= 15 is 0 Å². The molecule has 0 saturated heterocycles. The molecule has 0 atom stereocenters. The lowest BCUT2D eigenvalue weighted by Crippen LogP contribution is -2.34. The highest BCUT2D eigenvalue weighted by molar-refractivity contribution is 6.36. The third-order valence-corrected chi connectivity index (χ3v) is 6.16. The summed E-state index contributed by atoms with van der Waals surface area (Å²) in [4.78, 5) is 28.3. The molecule has 5 nitrogen and oxygen atoms in total. The number of rotatable bonds is 7. The summed E-state index contributed by atoms with van der Waals surface area (Å²) in [5.74, 6) is 0.200. The Balaban J connectivity index is 1.66. The summed E-state index contributed by atoms with van der Waals surface area (Å²) in [6, 6.07) is 21.3. The number of nitrogens with one attached hydrogen (secondary N) is 1. The van der Waals surface area contributed by atoms with Gasteiger partial charge in [0.1, 0.15) is 11.4 Å². The molecule has 168 valence electrons. The molecule has 5 heteroatoms. The molecular weight excluding hydrogens is 412 g/mol. The smallest absolute Gasteiger partial charge is 0.278 e. The van der Waals surface area contributed by atoms with Gasteiger partial charge in [0.2, 0.25) is 0 Å². The van der Waals surface area contributed by atoms with E-state index in [0.717, 1.165) is 39.3 Å². The van der Waals surface area contributed by atoms with Crippen molar-refractivity contribution < 1.29 is 14.3 Å². The van der Waals surface area contributed by atoms with Crippen molar-refractivity contribution >= 4 is 23.1 Å². The molecule has 3 aromatic rings. The number of amides is 2. The van der Waals surface area contributed by atoms with E-state index in [-0.39, 0.29) is 11.8 Å². The van der Waals surface area contributed by atoms with Crippen LogP contribution in [0.3, 0.4) is 0 Å². The number of ether oxygens (including phenoxy) is 1. The average molecular weight is 441 g/mol. The van der Waals surface area contributed by atoms with Gasteiger partial charge in [0.25, 0.3) is 11.8 Å². The minimum atomic E-state index is -0.301. The summed E-state index contributed by atoms with van der Waals surface area (Å²) < 4.78 is 5.21. The second-order valence-electron chi connectivity index (χ2n) is 8.35. The van der Waals surface area contributed by atoms with Crippen LogP contribution >= 0.6 is 0 Å². The Bertz CT molecular complexity index is 1230. The number of anilines is 1. The highest BCUT2D eigenvalue weighted by atomic mass is 16.5. The molecule has 4 rings (SSSR count). The van der Waals surface area contributed by atoms with Gasteiger partial charge in [-0.2, -0.15) is 0 Å². The van der Waals surface area contributed by atoms with Crippen LogP contribution in [-0.2, 0) is 16.0 Å². The Morgan fingerprint density at radius 3 is 2.21 bits per heavy atom. The number of imide groups is 1. The second kappa shape index (κ2) is 9.33. The Morgan fingerprint density at radius 1 is 0.848 bits per heavy atom. The first kappa shape index (κ1) is 22.3. The highest BCUT2D eigenvalue weighted by Crippen LogP contribution is 2.32. The fourth-order valence-electron chi connectivity index (χ4n) is 3.94. The van der Waals surface area contributed by atoms with E-state index in [9.17, 15) is 9.59 Å². The van der Waals surface area contributed by atoms with Crippen LogP contribution < -0.4 is 10.1 Å². The molecular formula is C28H28N2O3. The monoisotopic (exact) mass is 440 g/mol. The molecule has 0 spiro atoms. The minimum absolute atomic E-state index is 0.273. The zero-order valence-corrected chi connectivity index (χ0v) is 19.4. The number of carbonyl (C=O) groups is 2. The molecule has 0 aliphatic carbocycles. The number of hydrogen-bond acceptors (Lipinski definition) is 4. The van der Waals surface area contributed by atoms with E-state index in [0.29, 0.717) is 24.2 Å². The maximum Gasteiger partial charge on any atom is 0.278 e. The summed E-state index contributed by atoms with van der Waals surface area (Å²) in [5.41, 5.74) is 6.59. The van der Waals surface area contributed by atoms with Gasteiger partial charge in [0, 0.05) is 12.2 Å². The predicted molar refractivity (Wildman–Crippen MR) is 131 cm³/mol. The number of hydrogen-bond donors (Lipinski definition) is 1. The number of aryl methyl sites for hydroxylation is 2. The van der Waals surface area contributed by atoms with Crippen LogP contribution in [0.5, 0.6) is 5.75 Å². The van der Waals surface area contributed by atoms with Crippen molar-refractivity contribution in [1.29, 1.82) is 0 Å². The van der Waals surface area contributed by atoms with Gasteiger partial charge in [-0.15, -0.1) is 0 Å². The Labute approximate surface area is 194 Å². The predicted octanol–water partition coefficient (Wildman–Crippen LogP) is 5.06. The van der Waals surface area contributed by atoms with E-state index in [2.05, 4.69) is 5.32 Å². The topological polar surface area (TPSA) is 58.6 Å². The van der Waals surface area contributed by atoms with E-state index < -0.39 is 0 Å².